The molecule has 0 aliphatic heterocycles. The summed E-state index contributed by atoms with van der Waals surface area (Å²) in [6, 6.07) is 5.18. The highest BCUT2D eigenvalue weighted by molar-refractivity contribution is 5.87. The molecule has 1 aromatic carbocycles. The molecule has 0 aromatic heterocycles. The highest BCUT2D eigenvalue weighted by Crippen LogP contribution is 2.62. The second kappa shape index (κ2) is 4.81. The van der Waals surface area contributed by atoms with Crippen LogP contribution in [0.4, 0.5) is 4.39 Å². The first-order valence-corrected chi connectivity index (χ1v) is 8.57. The summed E-state index contributed by atoms with van der Waals surface area (Å²) < 4.78 is 14.7. The number of hydrogen-bond acceptors (Lipinski definition) is 2. The maximum atomic E-state index is 14.7. The third-order valence-electron chi connectivity index (χ3n) is 6.80. The summed E-state index contributed by atoms with van der Waals surface area (Å²) in [5.41, 5.74) is 1.58. The van der Waals surface area contributed by atoms with Crippen LogP contribution in [0, 0.1) is 17.3 Å². The molecule has 5 atom stereocenters. The Morgan fingerprint density at radius 1 is 1.32 bits per heavy atom. The van der Waals surface area contributed by atoms with E-state index in [4.69, 9.17) is 0 Å². The van der Waals surface area contributed by atoms with Crippen molar-refractivity contribution in [1.29, 1.82) is 0 Å². The number of alkyl halides is 1. The van der Waals surface area contributed by atoms with E-state index in [1.165, 1.54) is 0 Å². The van der Waals surface area contributed by atoms with E-state index in [9.17, 15) is 14.3 Å². The molecule has 0 spiro atoms. The molecule has 0 unspecified atom stereocenters. The first-order valence-electron chi connectivity index (χ1n) is 8.57. The molecule has 0 heterocycles. The van der Waals surface area contributed by atoms with Gasteiger partial charge in [-0.05, 0) is 73.1 Å². The quantitative estimate of drug-likeness (QED) is 0.818. The van der Waals surface area contributed by atoms with E-state index < -0.39 is 6.17 Å². The topological polar surface area (TPSA) is 37.3 Å². The lowest BCUT2D eigenvalue weighted by atomic mass is 9.54. The molecule has 1 aromatic rings. The number of benzene rings is 1. The highest BCUT2D eigenvalue weighted by Gasteiger charge is 2.57. The van der Waals surface area contributed by atoms with E-state index in [0.29, 0.717) is 36.0 Å². The minimum atomic E-state index is -1.01. The van der Waals surface area contributed by atoms with Crippen molar-refractivity contribution in [2.24, 2.45) is 17.3 Å². The summed E-state index contributed by atoms with van der Waals surface area (Å²) >= 11 is 0. The first kappa shape index (κ1) is 14.2. The Bertz CT molecular complexity index is 626. The van der Waals surface area contributed by atoms with Gasteiger partial charge in [-0.2, -0.15) is 0 Å². The lowest BCUT2D eigenvalue weighted by molar-refractivity contribution is -0.131. The normalized spacial score (nSPS) is 40.0. The maximum absolute atomic E-state index is 14.7. The highest BCUT2D eigenvalue weighted by atomic mass is 19.1. The van der Waals surface area contributed by atoms with Gasteiger partial charge in [0.05, 0.1) is 0 Å². The van der Waals surface area contributed by atoms with Crippen LogP contribution in [0.2, 0.25) is 0 Å². The summed E-state index contributed by atoms with van der Waals surface area (Å²) in [5.74, 6) is 1.56. The second-order valence-corrected chi connectivity index (χ2v) is 7.40. The van der Waals surface area contributed by atoms with E-state index in [0.717, 1.165) is 31.2 Å². The van der Waals surface area contributed by atoms with Crippen molar-refractivity contribution < 1.29 is 14.3 Å². The molecule has 118 valence electrons. The standard InChI is InChI=1S/C19H23FO2/c1-2-19-8-7-13-12-4-3-11(21)9-15(12)17(20)10-14(13)16(19)5-6-18(19)22/h3-4,9,13-14,16-17,21H,2,5-8,10H2,1H3/t13-,14-,16+,17+,19+/m1/s1. The Hall–Kier alpha value is -1.38. The van der Waals surface area contributed by atoms with Crippen LogP contribution in [0.25, 0.3) is 0 Å². The van der Waals surface area contributed by atoms with Gasteiger partial charge in [0.1, 0.15) is 17.7 Å². The van der Waals surface area contributed by atoms with Crippen molar-refractivity contribution in [3.05, 3.63) is 29.3 Å². The SMILES string of the molecule is CC[C@]12CC[C@@H]3c4ccc(O)cc4[C@@H](F)C[C@H]3[C@@H]1CCC2=O. The van der Waals surface area contributed by atoms with E-state index in [1.807, 2.05) is 6.07 Å². The second-order valence-electron chi connectivity index (χ2n) is 7.40. The molecular weight excluding hydrogens is 279 g/mol. The molecule has 2 saturated carbocycles. The zero-order valence-electron chi connectivity index (χ0n) is 13.0. The van der Waals surface area contributed by atoms with Crippen molar-refractivity contribution in [2.75, 3.05) is 0 Å². The predicted octanol–water partition coefficient (Wildman–Crippen LogP) is 4.68. The monoisotopic (exact) mass is 302 g/mol. The van der Waals surface area contributed by atoms with Crippen LogP contribution in [0.5, 0.6) is 5.75 Å². The Labute approximate surface area is 130 Å². The van der Waals surface area contributed by atoms with Gasteiger partial charge in [0, 0.05) is 11.8 Å². The smallest absolute Gasteiger partial charge is 0.139 e. The zero-order chi connectivity index (χ0) is 15.5. The molecule has 4 rings (SSSR count). The molecule has 22 heavy (non-hydrogen) atoms. The lowest BCUT2D eigenvalue weighted by Crippen LogP contribution is -2.44. The number of hydrogen-bond donors (Lipinski definition) is 1. The van der Waals surface area contributed by atoms with Gasteiger partial charge in [-0.15, -0.1) is 0 Å². The number of phenols is 1. The van der Waals surface area contributed by atoms with Gasteiger partial charge in [-0.3, -0.25) is 4.79 Å². The predicted molar refractivity (Wildman–Crippen MR) is 82.5 cm³/mol. The summed E-state index contributed by atoms with van der Waals surface area (Å²) in [7, 11) is 0. The van der Waals surface area contributed by atoms with Crippen LogP contribution in [-0.2, 0) is 4.79 Å². The van der Waals surface area contributed by atoms with Gasteiger partial charge < -0.3 is 5.11 Å². The van der Waals surface area contributed by atoms with Crippen molar-refractivity contribution in [1.82, 2.24) is 0 Å². The van der Waals surface area contributed by atoms with Crippen LogP contribution in [0.3, 0.4) is 0 Å². The Kier molecular flexibility index (Phi) is 3.11. The number of phenolic OH excluding ortho intramolecular Hbond substituents is 1. The van der Waals surface area contributed by atoms with Crippen molar-refractivity contribution in [3.63, 3.8) is 0 Å². The Balaban J connectivity index is 1.76. The van der Waals surface area contributed by atoms with E-state index in [1.54, 1.807) is 12.1 Å². The third-order valence-corrected chi connectivity index (χ3v) is 6.80. The van der Waals surface area contributed by atoms with Crippen LogP contribution < -0.4 is 0 Å². The summed E-state index contributed by atoms with van der Waals surface area (Å²) in [4.78, 5) is 12.5. The fraction of sp³-hybridized carbons (Fsp3) is 0.632. The van der Waals surface area contributed by atoms with Gasteiger partial charge in [-0.25, -0.2) is 4.39 Å². The number of carbonyl (C=O) groups is 1. The molecule has 2 nitrogen and oxygen atoms in total. The first-order chi connectivity index (χ1) is 10.6. The number of fused-ring (bicyclic) bond motifs is 5. The summed E-state index contributed by atoms with van der Waals surface area (Å²) in [6.07, 6.45) is 3.96. The minimum absolute atomic E-state index is 0.148. The molecule has 0 amide bonds. The van der Waals surface area contributed by atoms with Gasteiger partial charge in [0.25, 0.3) is 0 Å². The molecular formula is C19H23FO2. The fourth-order valence-corrected chi connectivity index (χ4v) is 5.76. The van der Waals surface area contributed by atoms with Crippen molar-refractivity contribution in [2.45, 2.75) is 57.5 Å². The van der Waals surface area contributed by atoms with Crippen LogP contribution >= 0.6 is 0 Å². The lowest BCUT2D eigenvalue weighted by Gasteiger charge is -2.50. The van der Waals surface area contributed by atoms with Gasteiger partial charge in [-0.1, -0.05) is 13.0 Å². The number of halogens is 1. The average molecular weight is 302 g/mol. The number of aromatic hydroxyl groups is 1. The Morgan fingerprint density at radius 3 is 2.91 bits per heavy atom. The van der Waals surface area contributed by atoms with Crippen LogP contribution in [0.1, 0.15) is 68.7 Å². The van der Waals surface area contributed by atoms with Crippen LogP contribution in [-0.4, -0.2) is 10.9 Å². The number of Topliss-reactive ketones (excluding diaryl/α,β-unsaturated/α-hetero) is 1. The number of ketones is 1. The molecule has 3 aliphatic carbocycles. The molecule has 2 fully saturated rings. The van der Waals surface area contributed by atoms with E-state index in [2.05, 4.69) is 6.92 Å². The van der Waals surface area contributed by atoms with Crippen molar-refractivity contribution in [3.8, 4) is 5.75 Å². The number of rotatable bonds is 1. The average Bonchev–Trinajstić information content (AvgIpc) is 2.85. The molecule has 0 radical (unpaired) electrons. The zero-order valence-corrected chi connectivity index (χ0v) is 13.0. The van der Waals surface area contributed by atoms with Gasteiger partial charge in [0.15, 0.2) is 0 Å². The minimum Gasteiger partial charge on any atom is -0.508 e. The van der Waals surface area contributed by atoms with Crippen LogP contribution in [0.15, 0.2) is 18.2 Å². The van der Waals surface area contributed by atoms with Gasteiger partial charge >= 0.3 is 0 Å². The van der Waals surface area contributed by atoms with Crippen molar-refractivity contribution >= 4 is 5.78 Å². The summed E-state index contributed by atoms with van der Waals surface area (Å²) in [6.45, 7) is 2.12. The largest absolute Gasteiger partial charge is 0.508 e. The van der Waals surface area contributed by atoms with E-state index >= 15 is 0 Å². The molecule has 1 N–H and O–H groups in total. The molecule has 3 heteroatoms. The Morgan fingerprint density at radius 2 is 2.14 bits per heavy atom. The maximum Gasteiger partial charge on any atom is 0.139 e. The van der Waals surface area contributed by atoms with Gasteiger partial charge in [0.2, 0.25) is 0 Å². The molecule has 3 aliphatic rings. The molecule has 0 saturated heterocycles. The van der Waals surface area contributed by atoms with E-state index in [-0.39, 0.29) is 17.1 Å². The molecule has 0 bridgehead atoms. The number of carbonyl (C=O) groups excluding carboxylic acids is 1. The third kappa shape index (κ3) is 1.74. The summed E-state index contributed by atoms with van der Waals surface area (Å²) in [5, 5.41) is 9.65. The fourth-order valence-electron chi connectivity index (χ4n) is 5.76.